The largest absolute Gasteiger partial charge is 0.480 e. The molecule has 2 unspecified atom stereocenters. The summed E-state index contributed by atoms with van der Waals surface area (Å²) in [5, 5.41) is 33.2. The summed E-state index contributed by atoms with van der Waals surface area (Å²) in [5.41, 5.74) is 24.6. The molecular weight excluding hydrogens is 1510 g/mol. The molecule has 3 saturated heterocycles. The summed E-state index contributed by atoms with van der Waals surface area (Å²) in [6, 6.07) is 9.61. The molecular formula is C78H125N17O17S2. The van der Waals surface area contributed by atoms with E-state index in [-0.39, 0.29) is 92.7 Å². The molecule has 8 atom stereocenters. The lowest BCUT2D eigenvalue weighted by Crippen LogP contribution is -2.57. The van der Waals surface area contributed by atoms with Gasteiger partial charge in [0.2, 0.25) is 65.0 Å². The van der Waals surface area contributed by atoms with E-state index in [9.17, 15) is 67.4 Å². The fourth-order valence-corrected chi connectivity index (χ4v) is 14.9. The molecule has 0 bridgehead atoms. The number of carbonyl (C=O) groups excluding carboxylic acids is 12. The number of benzene rings is 2. The second-order valence-corrected chi connectivity index (χ2v) is 30.7. The van der Waals surface area contributed by atoms with Gasteiger partial charge in [0.05, 0.1) is 44.8 Å². The van der Waals surface area contributed by atoms with E-state index >= 15 is 0 Å². The predicted molar refractivity (Wildman–Crippen MR) is 435 cm³/mol. The van der Waals surface area contributed by atoms with Gasteiger partial charge in [-0.25, -0.2) is 9.79 Å². The van der Waals surface area contributed by atoms with Gasteiger partial charge < -0.3 is 99.5 Å². The number of carboxylic acid groups (broad SMARTS) is 1. The van der Waals surface area contributed by atoms with E-state index in [1.807, 2.05) is 41.0 Å². The van der Waals surface area contributed by atoms with Crippen molar-refractivity contribution in [3.63, 3.8) is 0 Å². The first-order chi connectivity index (χ1) is 55.0. The normalized spacial score (nSPS) is 16.7. The molecule has 114 heavy (non-hydrogen) atoms. The lowest BCUT2D eigenvalue weighted by atomic mass is 10.0. The number of hydrogen-bond acceptors (Lipinski definition) is 23. The third-order valence-corrected chi connectivity index (χ3v) is 21.8. The van der Waals surface area contributed by atoms with Crippen molar-refractivity contribution in [1.82, 2.24) is 62.1 Å². The highest BCUT2D eigenvalue weighted by atomic mass is 32.2. The second-order valence-electron chi connectivity index (χ2n) is 28.7. The van der Waals surface area contributed by atoms with Crippen molar-refractivity contribution in [3.05, 3.63) is 71.3 Å². The van der Waals surface area contributed by atoms with Gasteiger partial charge in [-0.2, -0.15) is 23.5 Å². The number of aliphatic carboxylic acids is 1. The summed E-state index contributed by atoms with van der Waals surface area (Å²) < 4.78 is 16.9. The van der Waals surface area contributed by atoms with Crippen molar-refractivity contribution >= 4 is 107 Å². The van der Waals surface area contributed by atoms with Crippen LogP contribution in [-0.4, -0.2) is 293 Å². The van der Waals surface area contributed by atoms with E-state index in [4.69, 9.17) is 37.1 Å². The van der Waals surface area contributed by atoms with Crippen LogP contribution >= 0.6 is 23.5 Å². The molecule has 2 aromatic carbocycles. The van der Waals surface area contributed by atoms with Gasteiger partial charge in [-0.1, -0.05) is 88.2 Å². The Morgan fingerprint density at radius 2 is 1.14 bits per heavy atom. The fraction of sp³-hybridized carbons (Fsp3) is 0.667. The topological polar surface area (TPSA) is 495 Å². The highest BCUT2D eigenvalue weighted by Crippen LogP contribution is 2.28. The average Bonchev–Trinajstić information content (AvgIpc) is 1.65. The monoisotopic (exact) mass is 1640 g/mol. The number of aliphatic imine (C=N–C) groups is 1. The number of hydrogen-bond donors (Lipinski definition) is 13. The summed E-state index contributed by atoms with van der Waals surface area (Å²) in [6.07, 6.45) is 5.46. The predicted octanol–water partition coefficient (Wildman–Crippen LogP) is -0.698. The van der Waals surface area contributed by atoms with Crippen molar-refractivity contribution in [2.75, 3.05) is 149 Å². The number of nitrogens with one attached hydrogen (secondary N) is 8. The SMILES string of the molecule is CCCC[C@H](NC(=O)CCC(=O)NCCCOCCOCCOCCCNC(=O)CN1CCN(C(=O)C(CNCCN)CNCCN)CC1)C(=O)N=CC(CSCc1cccc(CSCC(NC(=O)[C@H](Cc2ccccc2)NC(=O)[C@H](CCC(N)=O)NC(=O)[C@@H](C)CC)C(=O)O)c1)C(=O)N1CCC[C@H]1C(=O)N1CCC[C@H]1C(N)=O. The van der Waals surface area contributed by atoms with E-state index in [1.54, 1.807) is 44.2 Å². The zero-order valence-electron chi connectivity index (χ0n) is 66.6. The number of amides is 12. The van der Waals surface area contributed by atoms with Crippen molar-refractivity contribution in [3.8, 4) is 0 Å². The zero-order chi connectivity index (χ0) is 83.0. The Hall–Kier alpha value is -8.20. The van der Waals surface area contributed by atoms with Crippen LogP contribution in [0.4, 0.5) is 0 Å². The van der Waals surface area contributed by atoms with Gasteiger partial charge in [-0.15, -0.1) is 0 Å². The maximum atomic E-state index is 14.8. The minimum Gasteiger partial charge on any atom is -0.480 e. The van der Waals surface area contributed by atoms with E-state index < -0.39 is 101 Å². The second kappa shape index (κ2) is 55.4. The van der Waals surface area contributed by atoms with Crippen LogP contribution < -0.4 is 65.5 Å². The van der Waals surface area contributed by atoms with Crippen LogP contribution in [0.5, 0.6) is 0 Å². The Morgan fingerprint density at radius 1 is 0.579 bits per heavy atom. The van der Waals surface area contributed by atoms with Crippen molar-refractivity contribution < 1.29 is 81.6 Å². The molecule has 3 heterocycles. The third kappa shape index (κ3) is 36.7. The highest BCUT2D eigenvalue weighted by Gasteiger charge is 2.43. The molecule has 34 nitrogen and oxygen atoms in total. The number of carbonyl (C=O) groups is 13. The quantitative estimate of drug-likeness (QED) is 0.0288. The van der Waals surface area contributed by atoms with Crippen LogP contribution in [0.2, 0.25) is 0 Å². The molecule has 0 radical (unpaired) electrons. The minimum absolute atomic E-state index is 0.0269. The van der Waals surface area contributed by atoms with Gasteiger partial charge in [0.1, 0.15) is 36.3 Å². The van der Waals surface area contributed by atoms with Gasteiger partial charge in [0, 0.05) is 166 Å². The van der Waals surface area contributed by atoms with Crippen LogP contribution in [0.3, 0.4) is 0 Å². The number of ether oxygens (including phenoxy) is 3. The average molecular weight is 1640 g/mol. The zero-order valence-corrected chi connectivity index (χ0v) is 68.2. The molecule has 3 aliphatic heterocycles. The van der Waals surface area contributed by atoms with Crippen molar-refractivity contribution in [2.45, 2.75) is 165 Å². The van der Waals surface area contributed by atoms with E-state index in [1.165, 1.54) is 39.5 Å². The Morgan fingerprint density at radius 3 is 1.74 bits per heavy atom. The maximum absolute atomic E-state index is 14.8. The first kappa shape index (κ1) is 96.4. The Bertz CT molecular complexity index is 3370. The molecule has 2 aromatic rings. The number of nitrogens with zero attached hydrogens (tertiary/aromatic N) is 5. The molecule has 0 aliphatic carbocycles. The summed E-state index contributed by atoms with van der Waals surface area (Å²) in [6.45, 7) is 14.8. The molecule has 636 valence electrons. The van der Waals surface area contributed by atoms with Gasteiger partial charge in [-0.3, -0.25) is 62.4 Å². The third-order valence-electron chi connectivity index (χ3n) is 19.6. The first-order valence-electron chi connectivity index (χ1n) is 40.0. The maximum Gasteiger partial charge on any atom is 0.327 e. The highest BCUT2D eigenvalue weighted by molar-refractivity contribution is 7.98. The van der Waals surface area contributed by atoms with Gasteiger partial charge in [-0.05, 0) is 74.5 Å². The number of unbranched alkanes of at least 4 members (excludes halogenated alkanes) is 1. The summed E-state index contributed by atoms with van der Waals surface area (Å²) in [7, 11) is 0. The molecule has 0 aromatic heterocycles. The van der Waals surface area contributed by atoms with E-state index in [0.717, 1.165) is 11.1 Å². The Labute approximate surface area is 678 Å². The smallest absolute Gasteiger partial charge is 0.327 e. The number of rotatable bonds is 58. The lowest BCUT2D eigenvalue weighted by molar-refractivity contribution is -0.146. The molecule has 0 saturated carbocycles. The number of carboxylic acids is 1. The molecule has 12 amide bonds. The molecule has 3 fully saturated rings. The molecule has 36 heteroatoms. The number of thioether (sulfide) groups is 2. The fourth-order valence-electron chi connectivity index (χ4n) is 12.9. The number of piperazine rings is 1. The van der Waals surface area contributed by atoms with Crippen LogP contribution in [0, 0.1) is 17.8 Å². The molecule has 5 rings (SSSR count). The lowest BCUT2D eigenvalue weighted by Gasteiger charge is -2.36. The number of likely N-dealkylation sites (tertiary alicyclic amines) is 2. The number of primary amides is 2. The van der Waals surface area contributed by atoms with E-state index in [0.29, 0.717) is 200 Å². The van der Waals surface area contributed by atoms with Crippen LogP contribution in [0.1, 0.15) is 127 Å². The summed E-state index contributed by atoms with van der Waals surface area (Å²) in [4.78, 5) is 184. The molecule has 3 aliphatic rings. The molecule has 0 spiro atoms. The van der Waals surface area contributed by atoms with Crippen molar-refractivity contribution in [1.29, 1.82) is 0 Å². The van der Waals surface area contributed by atoms with Gasteiger partial charge >= 0.3 is 5.97 Å². The number of nitrogens with two attached hydrogens (primary N) is 4. The molecule has 17 N–H and O–H groups in total. The Kier molecular flexibility index (Phi) is 46.8. The van der Waals surface area contributed by atoms with Crippen LogP contribution in [-0.2, 0) is 94.5 Å². The standard InChI is InChI=1S/C78H125N17O17S2/c1-4-6-19-60(88-68(98)25-24-67(97)85-28-13-38-110-40-42-112-43-41-111-39-14-29-86-69(99)49-92-34-36-93(37-35-92)75(105)58(46-83-30-26-79)47-84-31-27-80)72(102)87-48-59(76(106)95-33-12-21-65(95)77(107)94-32-11-20-64(94)70(82)100)52-113-50-56-17-10-18-57(44-56)51-114-53-63(78(108)109)91-74(104)62(45-55-15-8-7-9-16-55)90-73(103)61(22-23-66(81)96)89-71(101)54(3)5-2/h7-10,15-18,44,48,54,58-65,83-84H,4-6,11-14,19-43,45-47,49-53,79-80H2,1-3H3,(H2,81,96)(H2,82,100)(H,85,97)(H,86,99)(H,88,98)(H,89,101)(H,90,103)(H,91,104)(H,108,109)/t54-,59?,60-,61-,62-,63?,64-,65-/m0/s1. The van der Waals surface area contributed by atoms with Gasteiger partial charge in [0.15, 0.2) is 0 Å². The van der Waals surface area contributed by atoms with Crippen LogP contribution in [0.15, 0.2) is 59.6 Å². The Balaban J connectivity index is 1.05. The van der Waals surface area contributed by atoms with Gasteiger partial charge in [0.25, 0.3) is 5.91 Å². The summed E-state index contributed by atoms with van der Waals surface area (Å²) in [5.74, 6) is -8.04. The summed E-state index contributed by atoms with van der Waals surface area (Å²) >= 11 is 2.61. The van der Waals surface area contributed by atoms with Crippen LogP contribution in [0.25, 0.3) is 0 Å². The van der Waals surface area contributed by atoms with E-state index in [2.05, 4.69) is 47.5 Å². The minimum atomic E-state index is -1.40. The first-order valence-corrected chi connectivity index (χ1v) is 42.3. The van der Waals surface area contributed by atoms with Crippen molar-refractivity contribution in [2.24, 2.45) is 45.7 Å².